The highest BCUT2D eigenvalue weighted by molar-refractivity contribution is 5.94. The molecule has 3 aromatic rings. The highest BCUT2D eigenvalue weighted by Crippen LogP contribution is 2.24. The van der Waals surface area contributed by atoms with Gasteiger partial charge < -0.3 is 14.6 Å². The number of carbonyl (C=O) groups is 1. The third-order valence-corrected chi connectivity index (χ3v) is 4.73. The Morgan fingerprint density at radius 1 is 0.929 bits per heavy atom. The fraction of sp³-hybridized carbons (Fsp3) is 0.318. The number of hydrogen-bond donors (Lipinski definition) is 1. The number of hydrogen-bond acceptors (Lipinski definition) is 5. The van der Waals surface area contributed by atoms with E-state index in [4.69, 9.17) is 4.42 Å². The molecule has 0 aliphatic heterocycles. The summed E-state index contributed by atoms with van der Waals surface area (Å²) in [7, 11) is 0. The van der Waals surface area contributed by atoms with Crippen LogP contribution in [0.4, 0.5) is 0 Å². The number of nitrogens with zero attached hydrogens (tertiary/aromatic N) is 3. The fourth-order valence-corrected chi connectivity index (χ4v) is 2.89. The second kappa shape index (κ2) is 9.28. The van der Waals surface area contributed by atoms with Gasteiger partial charge in [0.05, 0.1) is 0 Å². The first-order chi connectivity index (χ1) is 13.6. The van der Waals surface area contributed by atoms with Crippen molar-refractivity contribution in [3.05, 3.63) is 59.7 Å². The number of likely N-dealkylation sites (N-methyl/N-ethyl adjacent to an activating group) is 1. The normalized spacial score (nSPS) is 11.0. The molecule has 0 atom stereocenters. The van der Waals surface area contributed by atoms with Crippen LogP contribution < -0.4 is 5.32 Å². The first-order valence-electron chi connectivity index (χ1n) is 9.62. The smallest absolute Gasteiger partial charge is 0.251 e. The number of aryl methyl sites for hydroxylation is 1. The van der Waals surface area contributed by atoms with E-state index in [2.05, 4.69) is 34.3 Å². The van der Waals surface area contributed by atoms with E-state index in [1.165, 1.54) is 5.56 Å². The topological polar surface area (TPSA) is 71.3 Å². The van der Waals surface area contributed by atoms with Crippen molar-refractivity contribution in [1.82, 2.24) is 20.4 Å². The Morgan fingerprint density at radius 3 is 2.00 bits per heavy atom. The van der Waals surface area contributed by atoms with Crippen LogP contribution in [-0.2, 0) is 0 Å². The molecule has 0 fully saturated rings. The summed E-state index contributed by atoms with van der Waals surface area (Å²) >= 11 is 0. The highest BCUT2D eigenvalue weighted by Gasteiger charge is 2.12. The van der Waals surface area contributed by atoms with Gasteiger partial charge in [-0.2, -0.15) is 0 Å². The zero-order valence-corrected chi connectivity index (χ0v) is 16.6. The third kappa shape index (κ3) is 4.84. The van der Waals surface area contributed by atoms with Gasteiger partial charge in [0.25, 0.3) is 5.91 Å². The summed E-state index contributed by atoms with van der Waals surface area (Å²) in [4.78, 5) is 14.6. The van der Waals surface area contributed by atoms with Gasteiger partial charge in [0.15, 0.2) is 0 Å². The zero-order valence-electron chi connectivity index (χ0n) is 16.6. The Morgan fingerprint density at radius 2 is 1.46 bits per heavy atom. The van der Waals surface area contributed by atoms with E-state index in [0.29, 0.717) is 23.9 Å². The largest absolute Gasteiger partial charge is 0.416 e. The molecular weight excluding hydrogens is 352 g/mol. The van der Waals surface area contributed by atoms with Gasteiger partial charge in [-0.25, -0.2) is 0 Å². The molecule has 6 heteroatoms. The SMILES string of the molecule is CCN(CC)CCNC(=O)c1ccc(-c2nnc(-c3ccc(C)cc3)o2)cc1. The van der Waals surface area contributed by atoms with Crippen LogP contribution in [0.15, 0.2) is 52.9 Å². The molecule has 0 aliphatic carbocycles. The first kappa shape index (κ1) is 19.8. The number of carbonyl (C=O) groups excluding carboxylic acids is 1. The van der Waals surface area contributed by atoms with Crippen molar-refractivity contribution in [2.24, 2.45) is 0 Å². The van der Waals surface area contributed by atoms with Crippen LogP contribution >= 0.6 is 0 Å². The minimum absolute atomic E-state index is 0.0791. The van der Waals surface area contributed by atoms with Crippen LogP contribution in [0, 0.1) is 6.92 Å². The summed E-state index contributed by atoms with van der Waals surface area (Å²) in [6.07, 6.45) is 0. The van der Waals surface area contributed by atoms with Crippen LogP contribution in [0.2, 0.25) is 0 Å². The minimum Gasteiger partial charge on any atom is -0.416 e. The molecule has 0 bridgehead atoms. The van der Waals surface area contributed by atoms with Crippen molar-refractivity contribution in [3.63, 3.8) is 0 Å². The van der Waals surface area contributed by atoms with Crippen molar-refractivity contribution < 1.29 is 9.21 Å². The number of nitrogens with one attached hydrogen (secondary N) is 1. The Hall–Kier alpha value is -2.99. The molecule has 146 valence electrons. The molecule has 2 aromatic carbocycles. The Labute approximate surface area is 165 Å². The van der Waals surface area contributed by atoms with Crippen molar-refractivity contribution >= 4 is 5.91 Å². The summed E-state index contributed by atoms with van der Waals surface area (Å²) < 4.78 is 5.78. The maximum absolute atomic E-state index is 12.3. The molecule has 0 aliphatic rings. The molecular formula is C22H26N4O2. The summed E-state index contributed by atoms with van der Waals surface area (Å²) in [5, 5.41) is 11.2. The van der Waals surface area contributed by atoms with E-state index in [-0.39, 0.29) is 5.91 Å². The van der Waals surface area contributed by atoms with E-state index < -0.39 is 0 Å². The second-order valence-corrected chi connectivity index (χ2v) is 6.64. The number of rotatable bonds is 8. The van der Waals surface area contributed by atoms with E-state index in [1.807, 2.05) is 43.3 Å². The standard InChI is InChI=1S/C22H26N4O2/c1-4-26(5-2)15-14-23-20(27)17-10-12-19(13-11-17)22-25-24-21(28-22)18-8-6-16(3)7-9-18/h6-13H,4-5,14-15H2,1-3H3,(H,23,27). The summed E-state index contributed by atoms with van der Waals surface area (Å²) in [5.41, 5.74) is 3.45. The van der Waals surface area contributed by atoms with Crippen molar-refractivity contribution in [1.29, 1.82) is 0 Å². The van der Waals surface area contributed by atoms with Gasteiger partial charge in [0.2, 0.25) is 11.8 Å². The molecule has 1 N–H and O–H groups in total. The van der Waals surface area contributed by atoms with Crippen LogP contribution in [0.5, 0.6) is 0 Å². The van der Waals surface area contributed by atoms with Gasteiger partial charge in [0.1, 0.15) is 0 Å². The molecule has 28 heavy (non-hydrogen) atoms. The molecule has 1 aromatic heterocycles. The average molecular weight is 378 g/mol. The quantitative estimate of drug-likeness (QED) is 0.646. The first-order valence-corrected chi connectivity index (χ1v) is 9.62. The summed E-state index contributed by atoms with van der Waals surface area (Å²) in [5.74, 6) is 0.835. The monoisotopic (exact) mass is 378 g/mol. The van der Waals surface area contributed by atoms with E-state index >= 15 is 0 Å². The third-order valence-electron chi connectivity index (χ3n) is 4.73. The molecule has 0 unspecified atom stereocenters. The lowest BCUT2D eigenvalue weighted by molar-refractivity contribution is 0.0949. The molecule has 1 heterocycles. The second-order valence-electron chi connectivity index (χ2n) is 6.64. The van der Waals surface area contributed by atoms with Gasteiger partial charge in [-0.05, 0) is 56.4 Å². The average Bonchev–Trinajstić information content (AvgIpc) is 3.22. The van der Waals surface area contributed by atoms with E-state index in [0.717, 1.165) is 30.8 Å². The van der Waals surface area contributed by atoms with Crippen molar-refractivity contribution in [2.75, 3.05) is 26.2 Å². The molecule has 6 nitrogen and oxygen atoms in total. The molecule has 0 saturated carbocycles. The minimum atomic E-state index is -0.0791. The van der Waals surface area contributed by atoms with Gasteiger partial charge in [-0.15, -0.1) is 10.2 Å². The van der Waals surface area contributed by atoms with Crippen LogP contribution in [-0.4, -0.2) is 47.2 Å². The number of amides is 1. The van der Waals surface area contributed by atoms with Crippen molar-refractivity contribution in [2.45, 2.75) is 20.8 Å². The lowest BCUT2D eigenvalue weighted by atomic mass is 10.1. The lowest BCUT2D eigenvalue weighted by Crippen LogP contribution is -2.34. The maximum Gasteiger partial charge on any atom is 0.251 e. The van der Waals surface area contributed by atoms with Gasteiger partial charge in [0, 0.05) is 29.8 Å². The van der Waals surface area contributed by atoms with Gasteiger partial charge >= 0.3 is 0 Å². The Bertz CT molecular complexity index is 897. The van der Waals surface area contributed by atoms with Crippen LogP contribution in [0.3, 0.4) is 0 Å². The zero-order chi connectivity index (χ0) is 19.9. The van der Waals surface area contributed by atoms with Crippen LogP contribution in [0.1, 0.15) is 29.8 Å². The van der Waals surface area contributed by atoms with Crippen LogP contribution in [0.25, 0.3) is 22.9 Å². The predicted octanol–water partition coefficient (Wildman–Crippen LogP) is 3.78. The number of benzene rings is 2. The summed E-state index contributed by atoms with van der Waals surface area (Å²) in [6.45, 7) is 9.71. The molecule has 0 saturated heterocycles. The maximum atomic E-state index is 12.3. The fourth-order valence-electron chi connectivity index (χ4n) is 2.89. The lowest BCUT2D eigenvalue weighted by Gasteiger charge is -2.17. The number of aromatic nitrogens is 2. The predicted molar refractivity (Wildman–Crippen MR) is 110 cm³/mol. The van der Waals surface area contributed by atoms with Gasteiger partial charge in [-0.3, -0.25) is 4.79 Å². The van der Waals surface area contributed by atoms with E-state index in [1.54, 1.807) is 12.1 Å². The summed E-state index contributed by atoms with van der Waals surface area (Å²) in [6, 6.07) is 15.1. The highest BCUT2D eigenvalue weighted by atomic mass is 16.4. The molecule has 0 spiro atoms. The van der Waals surface area contributed by atoms with Gasteiger partial charge in [-0.1, -0.05) is 31.5 Å². The Balaban J connectivity index is 1.63. The molecule has 1 amide bonds. The Kier molecular flexibility index (Phi) is 6.55. The van der Waals surface area contributed by atoms with Crippen molar-refractivity contribution in [3.8, 4) is 22.9 Å². The van der Waals surface area contributed by atoms with E-state index in [9.17, 15) is 4.79 Å². The molecule has 3 rings (SSSR count). The molecule has 0 radical (unpaired) electrons.